The Labute approximate surface area is 197 Å². The van der Waals surface area contributed by atoms with Crippen molar-refractivity contribution in [3.8, 4) is 11.8 Å². The second-order valence-electron chi connectivity index (χ2n) is 8.70. The monoisotopic (exact) mass is 459 g/mol. The number of ether oxygens (including phenoxy) is 1. The van der Waals surface area contributed by atoms with Crippen molar-refractivity contribution in [3.05, 3.63) is 107 Å². The largest absolute Gasteiger partial charge is 0.424 e. The quantitative estimate of drug-likeness (QED) is 0.455. The first-order chi connectivity index (χ1) is 16.5. The van der Waals surface area contributed by atoms with Crippen LogP contribution in [-0.4, -0.2) is 44.4 Å². The molecule has 2 aromatic carbocycles. The number of likely N-dealkylation sites (tertiary alicyclic amines) is 1. The lowest BCUT2D eigenvalue weighted by molar-refractivity contribution is 0.106. The molecule has 3 heterocycles. The van der Waals surface area contributed by atoms with Gasteiger partial charge in [0, 0.05) is 44.5 Å². The first-order valence-electron chi connectivity index (χ1n) is 11.2. The molecule has 0 radical (unpaired) electrons. The highest BCUT2D eigenvalue weighted by Crippen LogP contribution is 2.46. The Bertz CT molecular complexity index is 1340. The normalized spacial score (nSPS) is 20.9. The SMILES string of the molecule is CN1CCC(c2ccc(F)cc2)(n2ccc(=O)n2C)C(c2ccnc(Oc3ccccc3)n2)C1. The average molecular weight is 460 g/mol. The summed E-state index contributed by atoms with van der Waals surface area (Å²) < 4.78 is 23.4. The molecule has 0 aliphatic carbocycles. The van der Waals surface area contributed by atoms with E-state index in [0.29, 0.717) is 18.7 Å². The number of para-hydroxylation sites is 1. The number of rotatable bonds is 5. The van der Waals surface area contributed by atoms with Gasteiger partial charge >= 0.3 is 6.01 Å². The van der Waals surface area contributed by atoms with E-state index < -0.39 is 5.54 Å². The summed E-state index contributed by atoms with van der Waals surface area (Å²) in [6.45, 7) is 1.49. The van der Waals surface area contributed by atoms with E-state index in [4.69, 9.17) is 9.72 Å². The molecule has 174 valence electrons. The minimum absolute atomic E-state index is 0.102. The van der Waals surface area contributed by atoms with Crippen LogP contribution in [0.25, 0.3) is 0 Å². The number of likely N-dealkylation sites (N-methyl/N-ethyl adjacent to an activating group) is 1. The summed E-state index contributed by atoms with van der Waals surface area (Å²) in [6, 6.07) is 19.7. The van der Waals surface area contributed by atoms with Gasteiger partial charge in [0.05, 0.1) is 11.2 Å². The van der Waals surface area contributed by atoms with Gasteiger partial charge in [-0.25, -0.2) is 9.37 Å². The summed E-state index contributed by atoms with van der Waals surface area (Å²) in [7, 11) is 3.83. The molecule has 2 atom stereocenters. The number of hydrogen-bond acceptors (Lipinski definition) is 5. The van der Waals surface area contributed by atoms with Crippen LogP contribution in [0.4, 0.5) is 4.39 Å². The van der Waals surface area contributed by atoms with Gasteiger partial charge in [-0.05, 0) is 49.4 Å². The second-order valence-corrected chi connectivity index (χ2v) is 8.70. The summed E-state index contributed by atoms with van der Waals surface area (Å²) in [5, 5.41) is 0. The zero-order valence-electron chi connectivity index (χ0n) is 19.1. The maximum absolute atomic E-state index is 13.9. The molecule has 0 saturated carbocycles. The van der Waals surface area contributed by atoms with Crippen LogP contribution < -0.4 is 10.3 Å². The van der Waals surface area contributed by atoms with Crippen molar-refractivity contribution in [1.29, 1.82) is 0 Å². The maximum atomic E-state index is 13.9. The van der Waals surface area contributed by atoms with Gasteiger partial charge in [0.2, 0.25) is 0 Å². The summed E-state index contributed by atoms with van der Waals surface area (Å²) in [4.78, 5) is 23.9. The van der Waals surface area contributed by atoms with Crippen LogP contribution in [0.1, 0.15) is 23.6 Å². The first-order valence-corrected chi connectivity index (χ1v) is 11.2. The molecule has 2 unspecified atom stereocenters. The van der Waals surface area contributed by atoms with Crippen LogP contribution in [0.15, 0.2) is 83.9 Å². The summed E-state index contributed by atoms with van der Waals surface area (Å²) in [5.74, 6) is 0.194. The summed E-state index contributed by atoms with van der Waals surface area (Å²) in [6.07, 6.45) is 4.21. The fourth-order valence-electron chi connectivity index (χ4n) is 4.96. The van der Waals surface area contributed by atoms with Crippen molar-refractivity contribution in [3.63, 3.8) is 0 Å². The number of benzene rings is 2. The van der Waals surface area contributed by atoms with Crippen LogP contribution in [0, 0.1) is 5.82 Å². The Morgan fingerprint density at radius 3 is 2.50 bits per heavy atom. The van der Waals surface area contributed by atoms with Crippen molar-refractivity contribution < 1.29 is 9.13 Å². The predicted octanol–water partition coefficient (Wildman–Crippen LogP) is 3.77. The zero-order valence-corrected chi connectivity index (χ0v) is 19.1. The van der Waals surface area contributed by atoms with Crippen LogP contribution in [0.2, 0.25) is 0 Å². The van der Waals surface area contributed by atoms with Crippen molar-refractivity contribution >= 4 is 0 Å². The predicted molar refractivity (Wildman–Crippen MR) is 127 cm³/mol. The second kappa shape index (κ2) is 8.87. The van der Waals surface area contributed by atoms with Crippen molar-refractivity contribution in [1.82, 2.24) is 24.2 Å². The van der Waals surface area contributed by atoms with Gasteiger partial charge < -0.3 is 9.64 Å². The molecule has 7 nitrogen and oxygen atoms in total. The fraction of sp³-hybridized carbons (Fsp3) is 0.269. The van der Waals surface area contributed by atoms with E-state index in [1.165, 1.54) is 12.1 Å². The summed E-state index contributed by atoms with van der Waals surface area (Å²) >= 11 is 0. The van der Waals surface area contributed by atoms with E-state index in [2.05, 4.69) is 16.9 Å². The minimum Gasteiger partial charge on any atom is -0.424 e. The Morgan fingerprint density at radius 2 is 1.79 bits per heavy atom. The number of hydrogen-bond donors (Lipinski definition) is 0. The van der Waals surface area contributed by atoms with E-state index in [1.807, 2.05) is 47.3 Å². The molecule has 1 aliphatic heterocycles. The highest BCUT2D eigenvalue weighted by Gasteiger charge is 2.48. The molecule has 0 amide bonds. The lowest BCUT2D eigenvalue weighted by Gasteiger charge is -2.48. The molecular formula is C26H26FN5O2. The molecule has 8 heteroatoms. The highest BCUT2D eigenvalue weighted by molar-refractivity contribution is 5.34. The zero-order chi connectivity index (χ0) is 23.7. The van der Waals surface area contributed by atoms with Gasteiger partial charge in [-0.15, -0.1) is 0 Å². The summed E-state index contributed by atoms with van der Waals surface area (Å²) in [5.41, 5.74) is 0.950. The van der Waals surface area contributed by atoms with E-state index in [0.717, 1.165) is 17.8 Å². The molecule has 2 aromatic heterocycles. The molecule has 0 spiro atoms. The van der Waals surface area contributed by atoms with Crippen LogP contribution in [-0.2, 0) is 12.6 Å². The van der Waals surface area contributed by atoms with Crippen molar-refractivity contribution in [2.45, 2.75) is 17.9 Å². The van der Waals surface area contributed by atoms with Gasteiger partial charge in [0.15, 0.2) is 0 Å². The molecular weight excluding hydrogens is 433 g/mol. The van der Waals surface area contributed by atoms with Crippen LogP contribution >= 0.6 is 0 Å². The van der Waals surface area contributed by atoms with Crippen molar-refractivity contribution in [2.24, 2.45) is 7.05 Å². The lowest BCUT2D eigenvalue weighted by Crippen LogP contribution is -2.53. The molecule has 0 N–H and O–H groups in total. The third-order valence-electron chi connectivity index (χ3n) is 6.66. The van der Waals surface area contributed by atoms with Crippen molar-refractivity contribution in [2.75, 3.05) is 20.1 Å². The molecule has 5 rings (SSSR count). The van der Waals surface area contributed by atoms with Crippen LogP contribution in [0.3, 0.4) is 0 Å². The molecule has 4 aromatic rings. The average Bonchev–Trinajstić information content (AvgIpc) is 3.19. The molecule has 34 heavy (non-hydrogen) atoms. The number of nitrogens with zero attached hydrogens (tertiary/aromatic N) is 5. The van der Waals surface area contributed by atoms with Gasteiger partial charge in [-0.3, -0.25) is 14.2 Å². The van der Waals surface area contributed by atoms with Gasteiger partial charge in [-0.1, -0.05) is 30.3 Å². The smallest absolute Gasteiger partial charge is 0.322 e. The van der Waals surface area contributed by atoms with E-state index in [1.54, 1.807) is 36.1 Å². The van der Waals surface area contributed by atoms with Gasteiger partial charge in [0.1, 0.15) is 11.6 Å². The first kappa shape index (κ1) is 22.0. The fourth-order valence-corrected chi connectivity index (χ4v) is 4.96. The standard InChI is InChI=1S/C26H26FN5O2/c1-30-17-14-26(19-8-10-20(27)11-9-19,32-16-13-24(33)31(32)2)22(18-30)23-12-15-28-25(29-23)34-21-6-4-3-5-7-21/h3-13,15-16,22H,14,17-18H2,1-2H3. The molecule has 1 fully saturated rings. The Kier molecular flexibility index (Phi) is 5.75. The van der Waals surface area contributed by atoms with Gasteiger partial charge in [-0.2, -0.15) is 4.98 Å². The van der Waals surface area contributed by atoms with Gasteiger partial charge in [0.25, 0.3) is 5.56 Å². The third kappa shape index (κ3) is 3.90. The molecule has 1 saturated heterocycles. The Balaban J connectivity index is 1.66. The molecule has 1 aliphatic rings. The number of aromatic nitrogens is 4. The topological polar surface area (TPSA) is 65.2 Å². The Hall–Kier alpha value is -3.78. The van der Waals surface area contributed by atoms with E-state index >= 15 is 0 Å². The number of halogens is 1. The van der Waals surface area contributed by atoms with E-state index in [9.17, 15) is 9.18 Å². The number of piperidine rings is 1. The molecule has 0 bridgehead atoms. The van der Waals surface area contributed by atoms with E-state index in [-0.39, 0.29) is 23.3 Å². The third-order valence-corrected chi connectivity index (χ3v) is 6.66. The Morgan fingerprint density at radius 1 is 1.03 bits per heavy atom. The highest BCUT2D eigenvalue weighted by atomic mass is 19.1. The van der Waals surface area contributed by atoms with Crippen LogP contribution in [0.5, 0.6) is 11.8 Å². The lowest BCUT2D eigenvalue weighted by atomic mass is 9.71. The minimum atomic E-state index is -0.657. The maximum Gasteiger partial charge on any atom is 0.322 e.